The van der Waals surface area contributed by atoms with Gasteiger partial charge in [-0.25, -0.2) is 4.39 Å². The van der Waals surface area contributed by atoms with Gasteiger partial charge in [0, 0.05) is 12.1 Å². The number of rotatable bonds is 5. The van der Waals surface area contributed by atoms with E-state index in [-0.39, 0.29) is 11.9 Å². The van der Waals surface area contributed by atoms with Gasteiger partial charge in [0.1, 0.15) is 5.82 Å². The summed E-state index contributed by atoms with van der Waals surface area (Å²) in [5.41, 5.74) is 2.25. The molecule has 0 aliphatic heterocycles. The van der Waals surface area contributed by atoms with Gasteiger partial charge in [-0.15, -0.1) is 0 Å². The zero-order valence-electron chi connectivity index (χ0n) is 11.4. The lowest BCUT2D eigenvalue weighted by Crippen LogP contribution is -2.24. The van der Waals surface area contributed by atoms with E-state index < -0.39 is 0 Å². The molecular formula is C17H20FN. The van der Waals surface area contributed by atoms with Crippen molar-refractivity contribution in [3.63, 3.8) is 0 Å². The van der Waals surface area contributed by atoms with Gasteiger partial charge in [-0.3, -0.25) is 0 Å². The van der Waals surface area contributed by atoms with Gasteiger partial charge < -0.3 is 5.32 Å². The van der Waals surface area contributed by atoms with Crippen molar-refractivity contribution in [1.82, 2.24) is 5.32 Å². The summed E-state index contributed by atoms with van der Waals surface area (Å²) in [7, 11) is 0. The molecule has 2 atom stereocenters. The lowest BCUT2D eigenvalue weighted by Gasteiger charge is -2.23. The molecule has 1 nitrogen and oxygen atoms in total. The molecule has 19 heavy (non-hydrogen) atoms. The molecule has 2 rings (SSSR count). The second-order valence-electron chi connectivity index (χ2n) is 4.81. The second-order valence-corrected chi connectivity index (χ2v) is 4.81. The minimum Gasteiger partial charge on any atom is -0.303 e. The smallest absolute Gasteiger partial charge is 0.123 e. The highest BCUT2D eigenvalue weighted by atomic mass is 19.1. The van der Waals surface area contributed by atoms with E-state index in [1.54, 1.807) is 12.1 Å². The summed E-state index contributed by atoms with van der Waals surface area (Å²) < 4.78 is 13.2. The van der Waals surface area contributed by atoms with Crippen LogP contribution in [0.3, 0.4) is 0 Å². The van der Waals surface area contributed by atoms with Gasteiger partial charge in [0.2, 0.25) is 0 Å². The molecule has 0 aliphatic carbocycles. The summed E-state index contributed by atoms with van der Waals surface area (Å²) in [6.07, 6.45) is 1.00. The van der Waals surface area contributed by atoms with Crippen LogP contribution in [0.25, 0.3) is 0 Å². The van der Waals surface area contributed by atoms with E-state index >= 15 is 0 Å². The highest BCUT2D eigenvalue weighted by Crippen LogP contribution is 2.22. The van der Waals surface area contributed by atoms with Crippen LogP contribution < -0.4 is 5.32 Å². The van der Waals surface area contributed by atoms with Gasteiger partial charge in [-0.1, -0.05) is 49.4 Å². The van der Waals surface area contributed by atoms with Gasteiger partial charge in [-0.05, 0) is 36.6 Å². The van der Waals surface area contributed by atoms with Gasteiger partial charge >= 0.3 is 0 Å². The normalized spacial score (nSPS) is 14.1. The van der Waals surface area contributed by atoms with E-state index in [0.717, 1.165) is 12.0 Å². The van der Waals surface area contributed by atoms with E-state index in [0.29, 0.717) is 6.04 Å². The molecule has 0 saturated heterocycles. The fourth-order valence-corrected chi connectivity index (χ4v) is 2.31. The lowest BCUT2D eigenvalue weighted by atomic mass is 10.0. The summed E-state index contributed by atoms with van der Waals surface area (Å²) in [6, 6.07) is 17.6. The van der Waals surface area contributed by atoms with Crippen molar-refractivity contribution >= 4 is 0 Å². The Bertz CT molecular complexity index is 510. The predicted molar refractivity (Wildman–Crippen MR) is 77.4 cm³/mol. The van der Waals surface area contributed by atoms with Crippen molar-refractivity contribution in [3.8, 4) is 0 Å². The maximum absolute atomic E-state index is 13.2. The molecule has 2 aromatic rings. The predicted octanol–water partition coefficient (Wildman–Crippen LogP) is 4.63. The molecule has 0 saturated carbocycles. The fourth-order valence-electron chi connectivity index (χ4n) is 2.31. The molecule has 0 aromatic heterocycles. The van der Waals surface area contributed by atoms with Crippen LogP contribution in [0, 0.1) is 5.82 Å². The zero-order valence-corrected chi connectivity index (χ0v) is 11.4. The van der Waals surface area contributed by atoms with Crippen molar-refractivity contribution in [2.24, 2.45) is 0 Å². The Morgan fingerprint density at radius 2 is 1.68 bits per heavy atom. The Labute approximate surface area is 114 Å². The van der Waals surface area contributed by atoms with E-state index in [2.05, 4.69) is 31.3 Å². The van der Waals surface area contributed by atoms with Gasteiger partial charge in [0.05, 0.1) is 0 Å². The third kappa shape index (κ3) is 3.65. The molecular weight excluding hydrogens is 237 g/mol. The maximum Gasteiger partial charge on any atom is 0.123 e. The van der Waals surface area contributed by atoms with E-state index in [1.165, 1.54) is 11.6 Å². The van der Waals surface area contributed by atoms with E-state index in [9.17, 15) is 4.39 Å². The maximum atomic E-state index is 13.2. The van der Waals surface area contributed by atoms with Crippen LogP contribution in [0.5, 0.6) is 0 Å². The summed E-state index contributed by atoms with van der Waals surface area (Å²) in [5, 5.41) is 3.56. The van der Waals surface area contributed by atoms with Crippen LogP contribution in [-0.2, 0) is 0 Å². The van der Waals surface area contributed by atoms with Crippen molar-refractivity contribution < 1.29 is 4.39 Å². The SMILES string of the molecule is CCC(NC(C)c1cccc(F)c1)c1ccccc1. The quantitative estimate of drug-likeness (QED) is 0.823. The third-order valence-electron chi connectivity index (χ3n) is 3.41. The molecule has 0 amide bonds. The van der Waals surface area contributed by atoms with Crippen LogP contribution in [-0.4, -0.2) is 0 Å². The Kier molecular flexibility index (Phi) is 4.69. The van der Waals surface area contributed by atoms with E-state index in [1.807, 2.05) is 24.3 Å². The first kappa shape index (κ1) is 13.8. The van der Waals surface area contributed by atoms with Crippen molar-refractivity contribution in [2.75, 3.05) is 0 Å². The molecule has 2 unspecified atom stereocenters. The first-order valence-corrected chi connectivity index (χ1v) is 6.77. The topological polar surface area (TPSA) is 12.0 Å². The van der Waals surface area contributed by atoms with Gasteiger partial charge in [-0.2, -0.15) is 0 Å². The Morgan fingerprint density at radius 3 is 2.32 bits per heavy atom. The first-order chi connectivity index (χ1) is 9.20. The molecule has 0 heterocycles. The molecule has 0 radical (unpaired) electrons. The van der Waals surface area contributed by atoms with Crippen molar-refractivity contribution in [2.45, 2.75) is 32.4 Å². The molecule has 0 fully saturated rings. The van der Waals surface area contributed by atoms with Crippen molar-refractivity contribution in [1.29, 1.82) is 0 Å². The average Bonchev–Trinajstić information content (AvgIpc) is 2.45. The summed E-state index contributed by atoms with van der Waals surface area (Å²) in [5.74, 6) is -0.182. The third-order valence-corrected chi connectivity index (χ3v) is 3.41. The van der Waals surface area contributed by atoms with Crippen LogP contribution in [0.1, 0.15) is 43.5 Å². The zero-order chi connectivity index (χ0) is 13.7. The van der Waals surface area contributed by atoms with Crippen LogP contribution in [0.15, 0.2) is 54.6 Å². The number of nitrogens with one attached hydrogen (secondary N) is 1. The minimum absolute atomic E-state index is 0.126. The average molecular weight is 257 g/mol. The Hall–Kier alpha value is -1.67. The summed E-state index contributed by atoms with van der Waals surface area (Å²) >= 11 is 0. The minimum atomic E-state index is -0.182. The number of hydrogen-bond donors (Lipinski definition) is 1. The van der Waals surface area contributed by atoms with Gasteiger partial charge in [0.25, 0.3) is 0 Å². The summed E-state index contributed by atoms with van der Waals surface area (Å²) in [6.45, 7) is 4.23. The van der Waals surface area contributed by atoms with Crippen molar-refractivity contribution in [3.05, 3.63) is 71.5 Å². The van der Waals surface area contributed by atoms with Crippen LogP contribution in [0.4, 0.5) is 4.39 Å². The molecule has 100 valence electrons. The van der Waals surface area contributed by atoms with Gasteiger partial charge in [0.15, 0.2) is 0 Å². The lowest BCUT2D eigenvalue weighted by molar-refractivity contribution is 0.455. The van der Waals surface area contributed by atoms with Crippen LogP contribution >= 0.6 is 0 Å². The van der Waals surface area contributed by atoms with Crippen LogP contribution in [0.2, 0.25) is 0 Å². The number of halogens is 1. The molecule has 1 N–H and O–H groups in total. The Balaban J connectivity index is 2.10. The fraction of sp³-hybridized carbons (Fsp3) is 0.294. The van der Waals surface area contributed by atoms with E-state index in [4.69, 9.17) is 0 Å². The second kappa shape index (κ2) is 6.48. The Morgan fingerprint density at radius 1 is 1.00 bits per heavy atom. The highest BCUT2D eigenvalue weighted by molar-refractivity contribution is 5.22. The number of benzene rings is 2. The largest absolute Gasteiger partial charge is 0.303 e. The molecule has 0 bridgehead atoms. The summed E-state index contributed by atoms with van der Waals surface area (Å²) in [4.78, 5) is 0. The first-order valence-electron chi connectivity index (χ1n) is 6.77. The monoisotopic (exact) mass is 257 g/mol. The highest BCUT2D eigenvalue weighted by Gasteiger charge is 2.13. The molecule has 2 heteroatoms. The molecule has 2 aromatic carbocycles. The number of hydrogen-bond acceptors (Lipinski definition) is 1. The molecule has 0 spiro atoms. The standard InChI is InChI=1S/C17H20FN/c1-3-17(14-8-5-4-6-9-14)19-13(2)15-10-7-11-16(18)12-15/h4-13,17,19H,3H2,1-2H3. The molecule has 0 aliphatic rings.